The Bertz CT molecular complexity index is 2540. The van der Waals surface area contributed by atoms with E-state index in [9.17, 15) is 0 Å². The second kappa shape index (κ2) is 10.7. The molecule has 0 spiro atoms. The van der Waals surface area contributed by atoms with Gasteiger partial charge in [0.1, 0.15) is 16.7 Å². The van der Waals surface area contributed by atoms with Crippen LogP contribution in [0.15, 0.2) is 130 Å². The van der Waals surface area contributed by atoms with Gasteiger partial charge in [-0.25, -0.2) is 15.0 Å². The molecular formula is C45H35N3O2. The SMILES string of the molecule is c1ccc(-c2cc(-c3ccc4c(c3)oc3cc(-c5cccc6ncoc56)ccc34)nc(-c3ccc(C45CC6CC(CC(C6)C4)C5)cc3)n2)cc1. The predicted molar refractivity (Wildman–Crippen MR) is 198 cm³/mol. The van der Waals surface area contributed by atoms with Crippen LogP contribution in [-0.2, 0) is 5.41 Å². The van der Waals surface area contributed by atoms with Gasteiger partial charge in [-0.3, -0.25) is 0 Å². The van der Waals surface area contributed by atoms with E-state index in [4.69, 9.17) is 18.8 Å². The molecule has 5 nitrogen and oxygen atoms in total. The lowest BCUT2D eigenvalue weighted by Gasteiger charge is -2.57. The maximum Gasteiger partial charge on any atom is 0.182 e. The number of rotatable bonds is 5. The van der Waals surface area contributed by atoms with E-state index in [1.807, 2.05) is 18.2 Å². The molecule has 0 unspecified atom stereocenters. The van der Waals surface area contributed by atoms with Crippen LogP contribution in [-0.4, -0.2) is 15.0 Å². The Balaban J connectivity index is 0.985. The Morgan fingerprint density at radius 1 is 0.560 bits per heavy atom. The fourth-order valence-corrected chi connectivity index (χ4v) is 10.1. The van der Waals surface area contributed by atoms with Crippen LogP contribution in [0.5, 0.6) is 0 Å². The van der Waals surface area contributed by atoms with Crippen LogP contribution in [0, 0.1) is 17.8 Å². The molecule has 0 radical (unpaired) electrons. The molecule has 0 atom stereocenters. The standard InChI is InChI=1S/C45H35N3O2/c1-2-5-30(6-3-1)39-22-40(48-44(47-39)31-9-13-34(14-10-31)45-23-27-17-28(24-45)19-29(18-27)25-45)33-12-16-37-36-15-11-32(20-41(36)50-42(37)21-33)35-7-4-8-38-43(35)49-26-46-38/h1-16,20-22,26-29H,17-19,23-25H2. The van der Waals surface area contributed by atoms with E-state index in [2.05, 4.69) is 102 Å². The minimum absolute atomic E-state index is 0.372. The monoisotopic (exact) mass is 649 g/mol. The van der Waals surface area contributed by atoms with Gasteiger partial charge in [-0.2, -0.15) is 0 Å². The third-order valence-electron chi connectivity index (χ3n) is 12.0. The molecule has 0 amide bonds. The van der Waals surface area contributed by atoms with Gasteiger partial charge in [0.15, 0.2) is 17.8 Å². The van der Waals surface area contributed by atoms with Crippen molar-refractivity contribution < 1.29 is 8.83 Å². The zero-order valence-electron chi connectivity index (χ0n) is 27.7. The van der Waals surface area contributed by atoms with Gasteiger partial charge >= 0.3 is 0 Å². The minimum atomic E-state index is 0.372. The van der Waals surface area contributed by atoms with Crippen LogP contribution in [0.25, 0.3) is 78.1 Å². The van der Waals surface area contributed by atoms with Gasteiger partial charge in [-0.15, -0.1) is 0 Å². The van der Waals surface area contributed by atoms with Gasteiger partial charge in [0.25, 0.3) is 0 Å². The van der Waals surface area contributed by atoms with Gasteiger partial charge in [0.2, 0.25) is 0 Å². The summed E-state index contributed by atoms with van der Waals surface area (Å²) in [5.41, 5.74) is 12.1. The molecule has 3 aromatic heterocycles. The largest absolute Gasteiger partial charge is 0.456 e. The highest BCUT2D eigenvalue weighted by Crippen LogP contribution is 2.60. The zero-order chi connectivity index (χ0) is 32.8. The molecule has 3 heterocycles. The normalized spacial score (nSPS) is 22.6. The van der Waals surface area contributed by atoms with Crippen molar-refractivity contribution in [1.82, 2.24) is 15.0 Å². The summed E-state index contributed by atoms with van der Waals surface area (Å²) in [6, 6.07) is 40.6. The van der Waals surface area contributed by atoms with Crippen LogP contribution in [0.3, 0.4) is 0 Å². The van der Waals surface area contributed by atoms with Crippen molar-refractivity contribution in [2.45, 2.75) is 43.9 Å². The first-order valence-electron chi connectivity index (χ1n) is 18.0. The van der Waals surface area contributed by atoms with Crippen LogP contribution in [0.4, 0.5) is 0 Å². The molecule has 0 N–H and O–H groups in total. The minimum Gasteiger partial charge on any atom is -0.456 e. The van der Waals surface area contributed by atoms with Crippen molar-refractivity contribution in [3.05, 3.63) is 127 Å². The van der Waals surface area contributed by atoms with Crippen molar-refractivity contribution in [2.24, 2.45) is 17.8 Å². The lowest BCUT2D eigenvalue weighted by molar-refractivity contribution is -0.00518. The van der Waals surface area contributed by atoms with Gasteiger partial charge < -0.3 is 8.83 Å². The number of benzene rings is 5. The van der Waals surface area contributed by atoms with Crippen molar-refractivity contribution >= 4 is 33.0 Å². The number of hydrogen-bond acceptors (Lipinski definition) is 5. The lowest BCUT2D eigenvalue weighted by atomic mass is 9.48. The number of fused-ring (bicyclic) bond motifs is 4. The summed E-state index contributed by atoms with van der Waals surface area (Å²) in [5.74, 6) is 3.52. The molecule has 4 bridgehead atoms. The Labute approximate surface area is 290 Å². The first-order valence-corrected chi connectivity index (χ1v) is 18.0. The summed E-state index contributed by atoms with van der Waals surface area (Å²) in [6.45, 7) is 0. The van der Waals surface area contributed by atoms with Crippen molar-refractivity contribution in [1.29, 1.82) is 0 Å². The number of para-hydroxylation sites is 1. The third-order valence-corrected chi connectivity index (χ3v) is 12.0. The fraction of sp³-hybridized carbons (Fsp3) is 0.222. The molecule has 12 rings (SSSR count). The van der Waals surface area contributed by atoms with Crippen LogP contribution in [0.2, 0.25) is 0 Å². The second-order valence-corrected chi connectivity index (χ2v) is 15.1. The highest BCUT2D eigenvalue weighted by atomic mass is 16.3. The van der Waals surface area contributed by atoms with E-state index in [-0.39, 0.29) is 0 Å². The van der Waals surface area contributed by atoms with Crippen molar-refractivity contribution in [3.63, 3.8) is 0 Å². The average Bonchev–Trinajstić information content (AvgIpc) is 3.79. The maximum atomic E-state index is 6.52. The summed E-state index contributed by atoms with van der Waals surface area (Å²) >= 11 is 0. The van der Waals surface area contributed by atoms with Gasteiger partial charge in [0, 0.05) is 33.0 Å². The second-order valence-electron chi connectivity index (χ2n) is 15.1. The van der Waals surface area contributed by atoms with E-state index in [1.54, 1.807) is 0 Å². The van der Waals surface area contributed by atoms with Gasteiger partial charge in [-0.1, -0.05) is 78.9 Å². The van der Waals surface area contributed by atoms with Gasteiger partial charge in [0.05, 0.1) is 11.4 Å². The fourth-order valence-electron chi connectivity index (χ4n) is 10.1. The molecule has 0 aliphatic heterocycles. The molecule has 8 aromatic rings. The molecule has 4 fully saturated rings. The summed E-state index contributed by atoms with van der Waals surface area (Å²) < 4.78 is 12.2. The van der Waals surface area contributed by atoms with Crippen LogP contribution >= 0.6 is 0 Å². The smallest absolute Gasteiger partial charge is 0.182 e. The summed E-state index contributed by atoms with van der Waals surface area (Å²) in [4.78, 5) is 14.6. The maximum absolute atomic E-state index is 6.52. The molecule has 0 saturated heterocycles. The van der Waals surface area contributed by atoms with E-state index >= 15 is 0 Å². The molecule has 4 aliphatic carbocycles. The Kier molecular flexibility index (Phi) is 6.07. The van der Waals surface area contributed by atoms with E-state index in [1.165, 1.54) is 50.5 Å². The number of hydrogen-bond donors (Lipinski definition) is 0. The topological polar surface area (TPSA) is 65.0 Å². The number of nitrogens with zero attached hydrogens (tertiary/aromatic N) is 3. The van der Waals surface area contributed by atoms with Crippen LogP contribution < -0.4 is 0 Å². The molecule has 50 heavy (non-hydrogen) atoms. The van der Waals surface area contributed by atoms with Crippen molar-refractivity contribution in [2.75, 3.05) is 0 Å². The number of aromatic nitrogens is 3. The summed E-state index contributed by atoms with van der Waals surface area (Å²) in [5, 5.41) is 2.15. The first kappa shape index (κ1) is 28.3. The molecule has 5 aromatic carbocycles. The molecular weight excluding hydrogens is 615 g/mol. The zero-order valence-corrected chi connectivity index (χ0v) is 27.7. The summed E-state index contributed by atoms with van der Waals surface area (Å²) in [7, 11) is 0. The Morgan fingerprint density at radius 3 is 1.92 bits per heavy atom. The predicted octanol–water partition coefficient (Wildman–Crippen LogP) is 11.7. The van der Waals surface area contributed by atoms with Gasteiger partial charge in [-0.05, 0) is 109 Å². The highest BCUT2D eigenvalue weighted by Gasteiger charge is 2.51. The van der Waals surface area contributed by atoms with E-state index < -0.39 is 0 Å². The first-order chi connectivity index (χ1) is 24.6. The Hall–Kier alpha value is -5.55. The molecule has 5 heteroatoms. The Morgan fingerprint density at radius 2 is 1.20 bits per heavy atom. The van der Waals surface area contributed by atoms with Crippen molar-refractivity contribution in [3.8, 4) is 45.0 Å². The quantitative estimate of drug-likeness (QED) is 0.186. The number of furan rings is 1. The molecule has 242 valence electrons. The number of oxazole rings is 1. The third kappa shape index (κ3) is 4.49. The molecule has 4 aliphatic rings. The average molecular weight is 650 g/mol. The van der Waals surface area contributed by atoms with E-state index in [0.29, 0.717) is 5.41 Å². The molecule has 4 saturated carbocycles. The van der Waals surface area contributed by atoms with Crippen LogP contribution in [0.1, 0.15) is 44.1 Å². The lowest BCUT2D eigenvalue weighted by Crippen LogP contribution is -2.48. The van der Waals surface area contributed by atoms with E-state index in [0.717, 1.165) is 95.8 Å². The highest BCUT2D eigenvalue weighted by molar-refractivity contribution is 6.07. The summed E-state index contributed by atoms with van der Waals surface area (Å²) in [6.07, 6.45) is 9.98.